The summed E-state index contributed by atoms with van der Waals surface area (Å²) in [5.74, 6) is 1.20. The molecule has 0 aliphatic rings. The third-order valence-corrected chi connectivity index (χ3v) is 6.24. The predicted molar refractivity (Wildman–Crippen MR) is 100 cm³/mol. The van der Waals surface area contributed by atoms with E-state index in [1.807, 2.05) is 44.3 Å². The zero-order chi connectivity index (χ0) is 17.9. The highest BCUT2D eigenvalue weighted by molar-refractivity contribution is 8.15. The third-order valence-electron chi connectivity index (χ3n) is 3.75. The van der Waals surface area contributed by atoms with Gasteiger partial charge >= 0.3 is 11.9 Å². The molecular weight excluding hydrogens is 332 g/mol. The van der Waals surface area contributed by atoms with Crippen LogP contribution in [0.1, 0.15) is 60.3 Å². The first-order valence-electron chi connectivity index (χ1n) is 8.19. The van der Waals surface area contributed by atoms with Crippen molar-refractivity contribution in [3.05, 3.63) is 0 Å². The fourth-order valence-corrected chi connectivity index (χ4v) is 4.06. The van der Waals surface area contributed by atoms with Gasteiger partial charge in [0.1, 0.15) is 0 Å². The summed E-state index contributed by atoms with van der Waals surface area (Å²) in [5.41, 5.74) is -1.02. The molecule has 0 rings (SSSR count). The van der Waals surface area contributed by atoms with Gasteiger partial charge in [0.15, 0.2) is 0 Å². The minimum atomic E-state index is -0.721. The molecule has 0 aliphatic heterocycles. The fraction of sp³-hybridized carbons (Fsp3) is 0.882. The van der Waals surface area contributed by atoms with Gasteiger partial charge in [-0.2, -0.15) is 23.5 Å². The maximum absolute atomic E-state index is 11.8. The van der Waals surface area contributed by atoms with Crippen molar-refractivity contribution in [2.24, 2.45) is 10.8 Å². The average molecular weight is 365 g/mol. The number of carboxylic acid groups (broad SMARTS) is 1. The number of rotatable bonds is 13. The van der Waals surface area contributed by atoms with Crippen LogP contribution >= 0.6 is 23.5 Å². The lowest BCUT2D eigenvalue weighted by atomic mass is 9.88. The Morgan fingerprint density at radius 3 is 1.87 bits per heavy atom. The minimum Gasteiger partial charge on any atom is -0.481 e. The highest BCUT2D eigenvalue weighted by Crippen LogP contribution is 2.27. The zero-order valence-electron chi connectivity index (χ0n) is 15.1. The van der Waals surface area contributed by atoms with E-state index in [1.54, 1.807) is 13.8 Å². The van der Waals surface area contributed by atoms with Crippen molar-refractivity contribution in [2.45, 2.75) is 60.3 Å². The Kier molecular flexibility index (Phi) is 11.1. The van der Waals surface area contributed by atoms with E-state index in [1.165, 1.54) is 0 Å². The van der Waals surface area contributed by atoms with Crippen molar-refractivity contribution in [1.29, 1.82) is 0 Å². The normalized spacial score (nSPS) is 12.2. The van der Waals surface area contributed by atoms with Crippen LogP contribution in [-0.2, 0) is 14.3 Å². The Morgan fingerprint density at radius 1 is 0.957 bits per heavy atom. The molecule has 0 atom stereocenters. The second-order valence-electron chi connectivity index (χ2n) is 6.93. The number of aliphatic carboxylic acids is 1. The number of hydrogen-bond donors (Lipinski definition) is 1. The van der Waals surface area contributed by atoms with Gasteiger partial charge in [0.2, 0.25) is 0 Å². The highest BCUT2D eigenvalue weighted by Gasteiger charge is 2.28. The number of carbonyl (C=O) groups is 2. The molecule has 0 aromatic heterocycles. The van der Waals surface area contributed by atoms with Gasteiger partial charge in [-0.3, -0.25) is 9.59 Å². The predicted octanol–water partition coefficient (Wildman–Crippen LogP) is 4.67. The molecule has 0 radical (unpaired) electrons. The topological polar surface area (TPSA) is 63.6 Å². The smallest absolute Gasteiger partial charge is 0.311 e. The summed E-state index contributed by atoms with van der Waals surface area (Å²) < 4.78 is 5.08. The largest absolute Gasteiger partial charge is 0.481 e. The van der Waals surface area contributed by atoms with Gasteiger partial charge < -0.3 is 9.84 Å². The van der Waals surface area contributed by atoms with Gasteiger partial charge in [0.25, 0.3) is 0 Å². The fourth-order valence-electron chi connectivity index (χ4n) is 1.94. The molecule has 0 saturated heterocycles. The Balaban J connectivity index is 3.60. The van der Waals surface area contributed by atoms with E-state index in [0.717, 1.165) is 35.9 Å². The SMILES string of the molecule is CCOC(=O)C(C)(C)CCCSCSCCCC(C)(C)C(=O)O. The molecule has 1 N–H and O–H groups in total. The quantitative estimate of drug-likeness (QED) is 0.291. The zero-order valence-corrected chi connectivity index (χ0v) is 16.8. The van der Waals surface area contributed by atoms with Gasteiger partial charge in [-0.25, -0.2) is 0 Å². The van der Waals surface area contributed by atoms with E-state index in [9.17, 15) is 9.59 Å². The standard InChI is InChI=1S/C17H32O4S2/c1-6-21-15(20)17(4,5)10-8-12-23-13-22-11-7-9-16(2,3)14(18)19/h6-13H2,1-5H3,(H,18,19). The third kappa shape index (κ3) is 10.2. The van der Waals surface area contributed by atoms with Crippen LogP contribution in [0, 0.1) is 10.8 Å². The van der Waals surface area contributed by atoms with E-state index in [4.69, 9.17) is 9.84 Å². The molecule has 0 spiro atoms. The van der Waals surface area contributed by atoms with E-state index < -0.39 is 16.8 Å². The summed E-state index contributed by atoms with van der Waals surface area (Å²) in [6, 6.07) is 0. The highest BCUT2D eigenvalue weighted by atomic mass is 32.2. The molecule has 0 amide bonds. The molecule has 0 aromatic carbocycles. The van der Waals surface area contributed by atoms with Crippen LogP contribution in [0.4, 0.5) is 0 Å². The van der Waals surface area contributed by atoms with Crippen molar-refractivity contribution >= 4 is 35.5 Å². The molecular formula is C17H32O4S2. The average Bonchev–Trinajstić information content (AvgIpc) is 2.45. The molecule has 0 bridgehead atoms. The van der Waals surface area contributed by atoms with Crippen LogP contribution in [-0.4, -0.2) is 40.2 Å². The molecule has 136 valence electrons. The summed E-state index contributed by atoms with van der Waals surface area (Å²) in [6.45, 7) is 9.70. The lowest BCUT2D eigenvalue weighted by Gasteiger charge is -2.21. The number of esters is 1. The van der Waals surface area contributed by atoms with Crippen molar-refractivity contribution in [1.82, 2.24) is 0 Å². The molecule has 6 heteroatoms. The summed E-state index contributed by atoms with van der Waals surface area (Å²) in [4.78, 5) is 22.7. The van der Waals surface area contributed by atoms with Crippen molar-refractivity contribution in [3.63, 3.8) is 0 Å². The van der Waals surface area contributed by atoms with Crippen LogP contribution in [0.2, 0.25) is 0 Å². The van der Waals surface area contributed by atoms with Crippen molar-refractivity contribution < 1.29 is 19.4 Å². The molecule has 0 aromatic rings. The lowest BCUT2D eigenvalue weighted by molar-refractivity contribution is -0.153. The van der Waals surface area contributed by atoms with Gasteiger partial charge in [-0.1, -0.05) is 0 Å². The molecule has 0 aliphatic carbocycles. The minimum absolute atomic E-state index is 0.111. The molecule has 4 nitrogen and oxygen atoms in total. The first-order chi connectivity index (χ1) is 10.6. The Morgan fingerprint density at radius 2 is 1.43 bits per heavy atom. The maximum Gasteiger partial charge on any atom is 0.311 e. The number of thioether (sulfide) groups is 2. The monoisotopic (exact) mass is 364 g/mol. The molecule has 0 heterocycles. The molecule has 23 heavy (non-hydrogen) atoms. The van der Waals surface area contributed by atoms with Gasteiger partial charge in [-0.15, -0.1) is 0 Å². The molecule has 0 saturated carbocycles. The van der Waals surface area contributed by atoms with Gasteiger partial charge in [0, 0.05) is 5.08 Å². The van der Waals surface area contributed by atoms with Crippen molar-refractivity contribution in [3.8, 4) is 0 Å². The van der Waals surface area contributed by atoms with Gasteiger partial charge in [0.05, 0.1) is 17.4 Å². The Hall–Kier alpha value is -0.360. The number of carboxylic acids is 1. The summed E-state index contributed by atoms with van der Waals surface area (Å²) in [7, 11) is 0. The van der Waals surface area contributed by atoms with E-state index in [2.05, 4.69) is 0 Å². The van der Waals surface area contributed by atoms with Crippen LogP contribution in [0.15, 0.2) is 0 Å². The first kappa shape index (κ1) is 22.6. The Bertz CT molecular complexity index is 368. The number of ether oxygens (including phenoxy) is 1. The van der Waals surface area contributed by atoms with Crippen LogP contribution in [0.5, 0.6) is 0 Å². The number of hydrogen-bond acceptors (Lipinski definition) is 5. The molecule has 0 fully saturated rings. The van der Waals surface area contributed by atoms with Gasteiger partial charge in [-0.05, 0) is 71.8 Å². The lowest BCUT2D eigenvalue weighted by Crippen LogP contribution is -2.26. The number of carbonyl (C=O) groups excluding carboxylic acids is 1. The second-order valence-corrected chi connectivity index (χ2v) is 9.51. The summed E-state index contributed by atoms with van der Waals surface area (Å²) in [5, 5.41) is 10.1. The van der Waals surface area contributed by atoms with E-state index in [-0.39, 0.29) is 5.97 Å². The van der Waals surface area contributed by atoms with Crippen molar-refractivity contribution in [2.75, 3.05) is 23.2 Å². The van der Waals surface area contributed by atoms with Crippen LogP contribution in [0.25, 0.3) is 0 Å². The second kappa shape index (κ2) is 11.2. The van der Waals surface area contributed by atoms with Crippen LogP contribution < -0.4 is 0 Å². The van der Waals surface area contributed by atoms with E-state index >= 15 is 0 Å². The first-order valence-corrected chi connectivity index (χ1v) is 10.5. The molecule has 0 unspecified atom stereocenters. The Labute approximate surface area is 149 Å². The van der Waals surface area contributed by atoms with E-state index in [0.29, 0.717) is 13.0 Å². The van der Waals surface area contributed by atoms with Crippen LogP contribution in [0.3, 0.4) is 0 Å². The summed E-state index contributed by atoms with van der Waals surface area (Å²) in [6.07, 6.45) is 3.49. The maximum atomic E-state index is 11.8. The summed E-state index contributed by atoms with van der Waals surface area (Å²) >= 11 is 3.73.